The zero-order valence-electron chi connectivity index (χ0n) is 15.6. The van der Waals surface area contributed by atoms with Gasteiger partial charge in [-0.2, -0.15) is 0 Å². The van der Waals surface area contributed by atoms with E-state index in [1.165, 1.54) is 17.3 Å². The molecule has 148 valence electrons. The SMILES string of the molecule is Cc1ccc(Nc2ncnc3c2OCCN3C2CCN(C(=O)O)CC2)c(F)c1. The van der Waals surface area contributed by atoms with Gasteiger partial charge in [0.1, 0.15) is 18.8 Å². The van der Waals surface area contributed by atoms with Crippen LogP contribution in [-0.2, 0) is 0 Å². The fraction of sp³-hybridized carbons (Fsp3) is 0.421. The first-order valence-corrected chi connectivity index (χ1v) is 9.28. The van der Waals surface area contributed by atoms with E-state index in [1.807, 2.05) is 13.0 Å². The Morgan fingerprint density at radius 1 is 1.29 bits per heavy atom. The summed E-state index contributed by atoms with van der Waals surface area (Å²) in [5, 5.41) is 12.2. The van der Waals surface area contributed by atoms with Gasteiger partial charge >= 0.3 is 6.09 Å². The van der Waals surface area contributed by atoms with Gasteiger partial charge in [0.2, 0.25) is 5.75 Å². The number of aromatic nitrogens is 2. The summed E-state index contributed by atoms with van der Waals surface area (Å²) in [7, 11) is 0. The second kappa shape index (κ2) is 7.49. The minimum Gasteiger partial charge on any atom is -0.485 e. The van der Waals surface area contributed by atoms with Crippen LogP contribution in [-0.4, -0.2) is 58.4 Å². The summed E-state index contributed by atoms with van der Waals surface area (Å²) in [6.07, 6.45) is 2.01. The number of nitrogens with zero attached hydrogens (tertiary/aromatic N) is 4. The number of piperidine rings is 1. The molecular weight excluding hydrogens is 365 g/mol. The van der Waals surface area contributed by atoms with Gasteiger partial charge in [0, 0.05) is 19.1 Å². The summed E-state index contributed by atoms with van der Waals surface area (Å²) in [6.45, 7) is 3.95. The molecule has 0 spiro atoms. The van der Waals surface area contributed by atoms with E-state index in [2.05, 4.69) is 20.2 Å². The molecule has 1 fully saturated rings. The fourth-order valence-corrected chi connectivity index (χ4v) is 3.72. The summed E-state index contributed by atoms with van der Waals surface area (Å²) in [6, 6.07) is 5.13. The normalized spacial score (nSPS) is 17.1. The number of amides is 1. The number of nitrogens with one attached hydrogen (secondary N) is 1. The number of anilines is 3. The van der Waals surface area contributed by atoms with Crippen molar-refractivity contribution in [1.82, 2.24) is 14.9 Å². The number of fused-ring (bicyclic) bond motifs is 1. The van der Waals surface area contributed by atoms with Gasteiger partial charge in [-0.3, -0.25) is 0 Å². The van der Waals surface area contributed by atoms with Gasteiger partial charge < -0.3 is 25.0 Å². The van der Waals surface area contributed by atoms with Gasteiger partial charge in [0.05, 0.1) is 12.2 Å². The van der Waals surface area contributed by atoms with Crippen molar-refractivity contribution < 1.29 is 19.0 Å². The lowest BCUT2D eigenvalue weighted by atomic mass is 10.0. The number of benzene rings is 1. The van der Waals surface area contributed by atoms with E-state index >= 15 is 0 Å². The van der Waals surface area contributed by atoms with Crippen LogP contribution in [0.2, 0.25) is 0 Å². The molecule has 1 aromatic heterocycles. The van der Waals surface area contributed by atoms with Crippen LogP contribution in [0, 0.1) is 12.7 Å². The topological polar surface area (TPSA) is 90.8 Å². The van der Waals surface area contributed by atoms with Crippen LogP contribution in [0.15, 0.2) is 24.5 Å². The molecule has 0 aliphatic carbocycles. The van der Waals surface area contributed by atoms with Crippen molar-refractivity contribution in [3.05, 3.63) is 35.9 Å². The van der Waals surface area contributed by atoms with Crippen LogP contribution in [0.4, 0.5) is 26.5 Å². The van der Waals surface area contributed by atoms with Crippen molar-refractivity contribution in [2.45, 2.75) is 25.8 Å². The molecule has 3 heterocycles. The number of rotatable bonds is 3. The molecule has 0 radical (unpaired) electrons. The zero-order chi connectivity index (χ0) is 19.7. The average molecular weight is 387 g/mol. The Kier molecular flexibility index (Phi) is 4.89. The van der Waals surface area contributed by atoms with Crippen LogP contribution < -0.4 is 15.0 Å². The maximum atomic E-state index is 14.2. The summed E-state index contributed by atoms with van der Waals surface area (Å²) in [5.74, 6) is 1.21. The highest BCUT2D eigenvalue weighted by atomic mass is 19.1. The largest absolute Gasteiger partial charge is 0.485 e. The van der Waals surface area contributed by atoms with Gasteiger partial charge in [0.25, 0.3) is 0 Å². The van der Waals surface area contributed by atoms with E-state index in [4.69, 9.17) is 9.84 Å². The van der Waals surface area contributed by atoms with Crippen molar-refractivity contribution >= 4 is 23.4 Å². The predicted octanol–water partition coefficient (Wildman–Crippen LogP) is 3.01. The lowest BCUT2D eigenvalue weighted by Gasteiger charge is -2.40. The number of aryl methyl sites for hydroxylation is 1. The van der Waals surface area contributed by atoms with E-state index in [0.717, 1.165) is 18.4 Å². The summed E-state index contributed by atoms with van der Waals surface area (Å²) < 4.78 is 20.0. The minimum atomic E-state index is -0.880. The monoisotopic (exact) mass is 387 g/mol. The molecule has 0 atom stereocenters. The molecule has 0 bridgehead atoms. The third-order valence-corrected chi connectivity index (χ3v) is 5.19. The number of hydrogen-bond donors (Lipinski definition) is 2. The molecule has 2 aliphatic heterocycles. The lowest BCUT2D eigenvalue weighted by molar-refractivity contribution is 0.130. The minimum absolute atomic E-state index is 0.178. The average Bonchev–Trinajstić information content (AvgIpc) is 2.70. The zero-order valence-corrected chi connectivity index (χ0v) is 15.6. The first-order valence-electron chi connectivity index (χ1n) is 9.28. The van der Waals surface area contributed by atoms with E-state index in [0.29, 0.717) is 49.3 Å². The molecular formula is C19H22FN5O3. The van der Waals surface area contributed by atoms with Gasteiger partial charge in [-0.05, 0) is 37.5 Å². The highest BCUT2D eigenvalue weighted by Crippen LogP contribution is 2.38. The van der Waals surface area contributed by atoms with E-state index < -0.39 is 6.09 Å². The smallest absolute Gasteiger partial charge is 0.407 e. The molecule has 8 nitrogen and oxygen atoms in total. The Morgan fingerprint density at radius 2 is 2.07 bits per heavy atom. The van der Waals surface area contributed by atoms with E-state index in [1.54, 1.807) is 6.07 Å². The Labute approximate surface area is 162 Å². The van der Waals surface area contributed by atoms with E-state index in [-0.39, 0.29) is 11.9 Å². The third-order valence-electron chi connectivity index (χ3n) is 5.19. The lowest BCUT2D eigenvalue weighted by Crippen LogP contribution is -2.49. The standard InChI is InChI=1S/C19H22FN5O3/c1-12-2-3-15(14(20)10-12)23-17-16-18(22-11-21-17)25(8-9-28-16)13-4-6-24(7-5-13)19(26)27/h2-3,10-11,13H,4-9H2,1H3,(H,26,27)(H,21,22,23). The van der Waals surface area contributed by atoms with Gasteiger partial charge in [0.15, 0.2) is 11.6 Å². The van der Waals surface area contributed by atoms with Crippen LogP contribution in [0.25, 0.3) is 0 Å². The van der Waals surface area contributed by atoms with Crippen molar-refractivity contribution in [2.24, 2.45) is 0 Å². The Balaban J connectivity index is 1.57. The maximum absolute atomic E-state index is 14.2. The molecule has 2 N–H and O–H groups in total. The second-order valence-electron chi connectivity index (χ2n) is 7.03. The second-order valence-corrected chi connectivity index (χ2v) is 7.03. The van der Waals surface area contributed by atoms with Gasteiger partial charge in [-0.1, -0.05) is 6.07 Å². The van der Waals surface area contributed by atoms with Gasteiger partial charge in [-0.15, -0.1) is 0 Å². The molecule has 1 amide bonds. The predicted molar refractivity (Wildman–Crippen MR) is 102 cm³/mol. The van der Waals surface area contributed by atoms with Crippen LogP contribution in [0.3, 0.4) is 0 Å². The van der Waals surface area contributed by atoms with E-state index in [9.17, 15) is 9.18 Å². The molecule has 0 saturated carbocycles. The van der Waals surface area contributed by atoms with Crippen LogP contribution in [0.5, 0.6) is 5.75 Å². The molecule has 28 heavy (non-hydrogen) atoms. The van der Waals surface area contributed by atoms with Crippen LogP contribution in [0.1, 0.15) is 18.4 Å². The molecule has 1 aromatic carbocycles. The van der Waals surface area contributed by atoms with Crippen molar-refractivity contribution in [3.63, 3.8) is 0 Å². The highest BCUT2D eigenvalue weighted by molar-refractivity contribution is 5.71. The van der Waals surface area contributed by atoms with Crippen molar-refractivity contribution in [2.75, 3.05) is 36.5 Å². The molecule has 2 aliphatic rings. The van der Waals surface area contributed by atoms with Crippen LogP contribution >= 0.6 is 0 Å². The molecule has 2 aromatic rings. The van der Waals surface area contributed by atoms with Crippen molar-refractivity contribution in [3.8, 4) is 5.75 Å². The highest BCUT2D eigenvalue weighted by Gasteiger charge is 2.32. The first kappa shape index (κ1) is 18.3. The Bertz CT molecular complexity index is 886. The number of halogens is 1. The number of carboxylic acid groups (broad SMARTS) is 1. The number of likely N-dealkylation sites (tertiary alicyclic amines) is 1. The molecule has 9 heteroatoms. The van der Waals surface area contributed by atoms with Crippen molar-refractivity contribution in [1.29, 1.82) is 0 Å². The maximum Gasteiger partial charge on any atom is 0.407 e. The molecule has 4 rings (SSSR count). The number of hydrogen-bond acceptors (Lipinski definition) is 6. The fourth-order valence-electron chi connectivity index (χ4n) is 3.72. The Hall–Kier alpha value is -3.10. The summed E-state index contributed by atoms with van der Waals surface area (Å²) in [5.41, 5.74) is 1.16. The number of carbonyl (C=O) groups is 1. The number of ether oxygens (including phenoxy) is 1. The Morgan fingerprint density at radius 3 is 2.79 bits per heavy atom. The third kappa shape index (κ3) is 3.51. The first-order chi connectivity index (χ1) is 13.5. The quantitative estimate of drug-likeness (QED) is 0.837. The van der Waals surface area contributed by atoms with Gasteiger partial charge in [-0.25, -0.2) is 19.2 Å². The molecule has 1 saturated heterocycles. The molecule has 0 unspecified atom stereocenters. The summed E-state index contributed by atoms with van der Waals surface area (Å²) in [4.78, 5) is 23.4. The summed E-state index contributed by atoms with van der Waals surface area (Å²) >= 11 is 0.